The highest BCUT2D eigenvalue weighted by Crippen LogP contribution is 2.38. The van der Waals surface area contributed by atoms with Crippen molar-refractivity contribution in [3.05, 3.63) is 12.7 Å². The first-order valence-electron chi connectivity index (χ1n) is 7.61. The minimum Gasteiger partial charge on any atom is -0.387 e. The molecule has 1 fully saturated rings. The van der Waals surface area contributed by atoms with Gasteiger partial charge in [-0.15, -0.1) is 11.6 Å². The van der Waals surface area contributed by atoms with E-state index >= 15 is 0 Å². The standard InChI is InChI=1S/C12H17ClN5O8P/c13-1-6(19)17-10-7-11(15-3-14-10)18(4-16-7)12-9(21)8(20)5(26-12)2-25-27(22,23)24/h3-6,8-9,12,19-21H,1-2H2,(H,14,15,17)(H2,22,23,24)/t5-,6?,8-,9-,12-/m1/s1. The Hall–Kier alpha value is -1.41. The van der Waals surface area contributed by atoms with Gasteiger partial charge in [0.05, 0.1) is 18.8 Å². The molecule has 0 saturated carbocycles. The molecule has 3 heterocycles. The molecule has 1 saturated heterocycles. The second-order valence-corrected chi connectivity index (χ2v) is 7.24. The van der Waals surface area contributed by atoms with Crippen molar-refractivity contribution >= 4 is 36.4 Å². The van der Waals surface area contributed by atoms with E-state index in [0.29, 0.717) is 0 Å². The number of fused-ring (bicyclic) bond motifs is 1. The minimum atomic E-state index is -4.76. The Morgan fingerprint density at radius 3 is 2.74 bits per heavy atom. The lowest BCUT2D eigenvalue weighted by Crippen LogP contribution is -2.33. The Morgan fingerprint density at radius 1 is 1.33 bits per heavy atom. The van der Waals surface area contributed by atoms with Crippen LogP contribution in [-0.2, 0) is 13.8 Å². The topological polar surface area (TPSA) is 192 Å². The van der Waals surface area contributed by atoms with E-state index in [0.717, 1.165) is 0 Å². The van der Waals surface area contributed by atoms with Crippen molar-refractivity contribution in [2.24, 2.45) is 0 Å². The summed E-state index contributed by atoms with van der Waals surface area (Å²) in [5.41, 5.74) is 0.476. The molecule has 0 spiro atoms. The molecule has 0 aromatic carbocycles. The van der Waals surface area contributed by atoms with E-state index in [1.165, 1.54) is 17.2 Å². The number of aliphatic hydroxyl groups is 3. The third-order valence-corrected chi connectivity index (χ3v) is 4.60. The van der Waals surface area contributed by atoms with Gasteiger partial charge in [-0.25, -0.2) is 19.5 Å². The quantitative estimate of drug-likeness (QED) is 0.171. The van der Waals surface area contributed by atoms with E-state index in [-0.39, 0.29) is 22.9 Å². The lowest BCUT2D eigenvalue weighted by atomic mass is 10.1. The highest BCUT2D eigenvalue weighted by atomic mass is 35.5. The third-order valence-electron chi connectivity index (χ3n) is 3.83. The number of hydrogen-bond acceptors (Lipinski definition) is 10. The molecule has 13 nitrogen and oxygen atoms in total. The largest absolute Gasteiger partial charge is 0.469 e. The van der Waals surface area contributed by atoms with Crippen LogP contribution in [0.15, 0.2) is 12.7 Å². The van der Waals surface area contributed by atoms with Gasteiger partial charge in [0.15, 0.2) is 23.2 Å². The van der Waals surface area contributed by atoms with E-state index < -0.39 is 45.2 Å². The Kier molecular flexibility index (Phi) is 5.96. The van der Waals surface area contributed by atoms with Crippen molar-refractivity contribution in [2.75, 3.05) is 17.8 Å². The van der Waals surface area contributed by atoms with Crippen molar-refractivity contribution in [1.29, 1.82) is 0 Å². The normalized spacial score (nSPS) is 27.2. The number of aromatic nitrogens is 4. The Bertz CT molecular complexity index is 848. The summed E-state index contributed by atoms with van der Waals surface area (Å²) in [6.07, 6.45) is -3.83. The van der Waals surface area contributed by atoms with Crippen molar-refractivity contribution in [3.63, 3.8) is 0 Å². The predicted octanol–water partition coefficient (Wildman–Crippen LogP) is -1.48. The number of nitrogens with one attached hydrogen (secondary N) is 1. The molecule has 1 unspecified atom stereocenters. The highest BCUT2D eigenvalue weighted by molar-refractivity contribution is 7.46. The Morgan fingerprint density at radius 2 is 2.07 bits per heavy atom. The molecule has 2 aromatic rings. The summed E-state index contributed by atoms with van der Waals surface area (Å²) in [4.78, 5) is 29.7. The van der Waals surface area contributed by atoms with Crippen molar-refractivity contribution in [1.82, 2.24) is 19.5 Å². The summed E-state index contributed by atoms with van der Waals surface area (Å²) in [6, 6.07) is 0. The number of halogens is 1. The Labute approximate surface area is 156 Å². The van der Waals surface area contributed by atoms with E-state index in [1.807, 2.05) is 0 Å². The molecule has 6 N–H and O–H groups in total. The van der Waals surface area contributed by atoms with E-state index in [4.69, 9.17) is 26.1 Å². The van der Waals surface area contributed by atoms with Gasteiger partial charge in [-0.1, -0.05) is 0 Å². The third kappa shape index (κ3) is 4.37. The van der Waals surface area contributed by atoms with Crippen molar-refractivity contribution < 1.29 is 38.9 Å². The summed E-state index contributed by atoms with van der Waals surface area (Å²) in [6.45, 7) is -0.630. The summed E-state index contributed by atoms with van der Waals surface area (Å²) >= 11 is 5.55. The average Bonchev–Trinajstić information content (AvgIpc) is 3.15. The fourth-order valence-corrected chi connectivity index (χ4v) is 3.03. The molecule has 0 radical (unpaired) electrons. The van der Waals surface area contributed by atoms with E-state index in [1.54, 1.807) is 0 Å². The number of aliphatic hydroxyl groups excluding tert-OH is 3. The molecular formula is C12H17ClN5O8P. The van der Waals surface area contributed by atoms with Crippen LogP contribution in [0.5, 0.6) is 0 Å². The number of alkyl halides is 1. The number of anilines is 1. The summed E-state index contributed by atoms with van der Waals surface area (Å²) in [7, 11) is -4.76. The van der Waals surface area contributed by atoms with Crippen molar-refractivity contribution in [2.45, 2.75) is 30.8 Å². The molecule has 1 aliphatic heterocycles. The van der Waals surface area contributed by atoms with Gasteiger partial charge in [0.25, 0.3) is 0 Å². The number of hydrogen-bond donors (Lipinski definition) is 6. The first-order valence-corrected chi connectivity index (χ1v) is 9.67. The fraction of sp³-hybridized carbons (Fsp3) is 0.583. The first kappa shape index (κ1) is 20.3. The summed E-state index contributed by atoms with van der Waals surface area (Å²) in [5.74, 6) is 0.103. The predicted molar refractivity (Wildman–Crippen MR) is 89.6 cm³/mol. The summed E-state index contributed by atoms with van der Waals surface area (Å²) in [5, 5.41) is 32.6. The zero-order chi connectivity index (χ0) is 19.8. The molecule has 0 aliphatic carbocycles. The van der Waals surface area contributed by atoms with Crippen LogP contribution in [0.4, 0.5) is 5.82 Å². The van der Waals surface area contributed by atoms with Gasteiger partial charge in [0.2, 0.25) is 0 Å². The molecule has 2 aromatic heterocycles. The average molecular weight is 426 g/mol. The number of nitrogens with zero attached hydrogens (tertiary/aromatic N) is 4. The molecule has 3 rings (SSSR count). The van der Waals surface area contributed by atoms with Gasteiger partial charge in [0, 0.05) is 0 Å². The van der Waals surface area contributed by atoms with Gasteiger partial charge < -0.3 is 35.2 Å². The second kappa shape index (κ2) is 7.91. The van der Waals surface area contributed by atoms with Crippen LogP contribution >= 0.6 is 19.4 Å². The van der Waals surface area contributed by atoms with Crippen LogP contribution in [0.1, 0.15) is 6.23 Å². The molecular weight excluding hydrogens is 409 g/mol. The molecule has 0 bridgehead atoms. The first-order chi connectivity index (χ1) is 12.7. The zero-order valence-electron chi connectivity index (χ0n) is 13.5. The highest BCUT2D eigenvalue weighted by Gasteiger charge is 2.45. The lowest BCUT2D eigenvalue weighted by molar-refractivity contribution is -0.0504. The van der Waals surface area contributed by atoms with Gasteiger partial charge in [0.1, 0.15) is 30.9 Å². The number of imidazole rings is 1. The maximum Gasteiger partial charge on any atom is 0.469 e. The molecule has 1 aliphatic rings. The zero-order valence-corrected chi connectivity index (χ0v) is 15.2. The number of phosphoric ester groups is 1. The van der Waals surface area contributed by atoms with Gasteiger partial charge >= 0.3 is 7.82 Å². The van der Waals surface area contributed by atoms with E-state index in [2.05, 4.69) is 24.8 Å². The SMILES string of the molecule is O=P(O)(O)OC[C@H]1O[C@@H](n2cnc3c(NC(O)CCl)ncnc32)[C@H](O)[C@@H]1O. The molecule has 5 atom stereocenters. The molecule has 27 heavy (non-hydrogen) atoms. The monoisotopic (exact) mass is 425 g/mol. The molecule has 150 valence electrons. The smallest absolute Gasteiger partial charge is 0.387 e. The number of phosphoric acid groups is 1. The molecule has 0 amide bonds. The van der Waals surface area contributed by atoms with Crippen LogP contribution in [-0.4, -0.2) is 81.7 Å². The maximum absolute atomic E-state index is 10.8. The van der Waals surface area contributed by atoms with Crippen LogP contribution in [0.25, 0.3) is 11.2 Å². The van der Waals surface area contributed by atoms with Crippen LogP contribution in [0.3, 0.4) is 0 Å². The molecule has 15 heteroatoms. The van der Waals surface area contributed by atoms with Gasteiger partial charge in [-0.05, 0) is 0 Å². The fourth-order valence-electron chi connectivity index (χ4n) is 2.61. The maximum atomic E-state index is 10.8. The van der Waals surface area contributed by atoms with Gasteiger partial charge in [-0.2, -0.15) is 0 Å². The summed E-state index contributed by atoms with van der Waals surface area (Å²) < 4.78 is 21.9. The Balaban J connectivity index is 1.85. The lowest BCUT2D eigenvalue weighted by Gasteiger charge is -2.17. The van der Waals surface area contributed by atoms with E-state index in [9.17, 15) is 19.9 Å². The number of ether oxygens (including phenoxy) is 1. The van der Waals surface area contributed by atoms with Crippen LogP contribution < -0.4 is 5.32 Å². The number of rotatable bonds is 7. The van der Waals surface area contributed by atoms with Crippen LogP contribution in [0, 0.1) is 0 Å². The second-order valence-electron chi connectivity index (χ2n) is 5.69. The van der Waals surface area contributed by atoms with Crippen LogP contribution in [0.2, 0.25) is 0 Å². The van der Waals surface area contributed by atoms with Crippen molar-refractivity contribution in [3.8, 4) is 0 Å². The van der Waals surface area contributed by atoms with Gasteiger partial charge in [-0.3, -0.25) is 9.09 Å². The minimum absolute atomic E-state index is 0.0932.